The molecule has 2 aliphatic rings. The number of nitrogens with one attached hydrogen (secondary N) is 1. The number of carboxylic acid groups (broad SMARTS) is 1. The number of hydrogen-bond donors (Lipinski definition) is 2. The second-order valence-electron chi connectivity index (χ2n) is 7.04. The number of methoxy groups -OCH3 is 1. The highest BCUT2D eigenvalue weighted by molar-refractivity contribution is 5.91. The fourth-order valence-corrected chi connectivity index (χ4v) is 3.60. The first-order valence-electron chi connectivity index (χ1n) is 8.74. The summed E-state index contributed by atoms with van der Waals surface area (Å²) in [5.74, 6) is -1.17. The molecule has 2 N–H and O–H groups in total. The Labute approximate surface area is 142 Å². The number of rotatable bonds is 7. The van der Waals surface area contributed by atoms with Gasteiger partial charge in [-0.3, -0.25) is 9.59 Å². The van der Waals surface area contributed by atoms with E-state index < -0.39 is 17.9 Å². The predicted octanol–water partition coefficient (Wildman–Crippen LogP) is 1.02. The Morgan fingerprint density at radius 3 is 2.58 bits per heavy atom. The minimum absolute atomic E-state index is 0.0125. The van der Waals surface area contributed by atoms with Gasteiger partial charge in [0.15, 0.2) is 0 Å². The second kappa shape index (κ2) is 8.46. The van der Waals surface area contributed by atoms with Crippen LogP contribution in [0.4, 0.5) is 0 Å². The number of amides is 2. The van der Waals surface area contributed by atoms with Crippen molar-refractivity contribution in [3.05, 3.63) is 0 Å². The van der Waals surface area contributed by atoms with Crippen molar-refractivity contribution in [3.63, 3.8) is 0 Å². The summed E-state index contributed by atoms with van der Waals surface area (Å²) in [5, 5.41) is 11.7. The second-order valence-corrected chi connectivity index (χ2v) is 7.04. The molecule has 0 aromatic heterocycles. The first-order chi connectivity index (χ1) is 11.4. The van der Waals surface area contributed by atoms with E-state index in [9.17, 15) is 19.5 Å². The van der Waals surface area contributed by atoms with Gasteiger partial charge in [0, 0.05) is 39.1 Å². The van der Waals surface area contributed by atoms with Gasteiger partial charge in [-0.25, -0.2) is 4.79 Å². The number of aliphatic carboxylic acids is 1. The van der Waals surface area contributed by atoms with Crippen LogP contribution in [0.2, 0.25) is 0 Å². The fraction of sp³-hybridized carbons (Fsp3) is 0.824. The summed E-state index contributed by atoms with van der Waals surface area (Å²) in [7, 11) is 1.49. The zero-order valence-corrected chi connectivity index (χ0v) is 14.5. The Morgan fingerprint density at radius 1 is 1.33 bits per heavy atom. The average molecular weight is 340 g/mol. The van der Waals surface area contributed by atoms with Gasteiger partial charge in [-0.05, 0) is 31.6 Å². The van der Waals surface area contributed by atoms with E-state index in [1.54, 1.807) is 0 Å². The quantitative estimate of drug-likeness (QED) is 0.721. The van der Waals surface area contributed by atoms with E-state index in [4.69, 9.17) is 4.74 Å². The summed E-state index contributed by atoms with van der Waals surface area (Å²) in [6.45, 7) is 2.89. The first kappa shape index (κ1) is 18.7. The largest absolute Gasteiger partial charge is 0.480 e. The van der Waals surface area contributed by atoms with Crippen LogP contribution in [0.25, 0.3) is 0 Å². The van der Waals surface area contributed by atoms with Gasteiger partial charge in [-0.1, -0.05) is 6.92 Å². The molecule has 0 spiro atoms. The lowest BCUT2D eigenvalue weighted by Gasteiger charge is -2.33. The number of nitrogens with zero attached hydrogens (tertiary/aromatic N) is 1. The van der Waals surface area contributed by atoms with Crippen LogP contribution in [-0.2, 0) is 19.1 Å². The molecule has 0 aromatic rings. The lowest BCUT2D eigenvalue weighted by molar-refractivity contribution is -0.142. The summed E-state index contributed by atoms with van der Waals surface area (Å²) in [6, 6.07) is -0.743. The van der Waals surface area contributed by atoms with Gasteiger partial charge in [0.25, 0.3) is 0 Å². The molecular formula is C17H28N2O5. The highest BCUT2D eigenvalue weighted by atomic mass is 16.5. The van der Waals surface area contributed by atoms with E-state index in [-0.39, 0.29) is 37.3 Å². The summed E-state index contributed by atoms with van der Waals surface area (Å²) in [6.07, 6.45) is 4.60. The molecule has 7 nitrogen and oxygen atoms in total. The Bertz CT molecular complexity index is 474. The predicted molar refractivity (Wildman–Crippen MR) is 87.3 cm³/mol. The van der Waals surface area contributed by atoms with Gasteiger partial charge in [-0.15, -0.1) is 0 Å². The highest BCUT2D eigenvalue weighted by Crippen LogP contribution is 2.31. The van der Waals surface area contributed by atoms with Crippen LogP contribution in [-0.4, -0.2) is 60.1 Å². The molecule has 0 radical (unpaired) electrons. The zero-order chi connectivity index (χ0) is 17.7. The van der Waals surface area contributed by atoms with Gasteiger partial charge in [0.1, 0.15) is 6.04 Å². The third kappa shape index (κ3) is 4.69. The average Bonchev–Trinajstić information content (AvgIpc) is 2.93. The van der Waals surface area contributed by atoms with Crippen molar-refractivity contribution in [2.75, 3.05) is 20.3 Å². The Balaban J connectivity index is 1.89. The van der Waals surface area contributed by atoms with Gasteiger partial charge >= 0.3 is 5.97 Å². The van der Waals surface area contributed by atoms with Crippen LogP contribution < -0.4 is 5.32 Å². The third-order valence-electron chi connectivity index (χ3n) is 5.18. The molecule has 24 heavy (non-hydrogen) atoms. The summed E-state index contributed by atoms with van der Waals surface area (Å²) >= 11 is 0. The highest BCUT2D eigenvalue weighted by Gasteiger charge is 2.39. The van der Waals surface area contributed by atoms with Crippen molar-refractivity contribution in [2.24, 2.45) is 11.8 Å². The Hall–Kier alpha value is -1.63. The molecule has 1 heterocycles. The molecular weight excluding hydrogens is 312 g/mol. The van der Waals surface area contributed by atoms with E-state index in [2.05, 4.69) is 12.2 Å². The summed E-state index contributed by atoms with van der Waals surface area (Å²) in [4.78, 5) is 37.7. The minimum atomic E-state index is -1.08. The number of carbonyl (C=O) groups excluding carboxylic acids is 2. The molecule has 2 fully saturated rings. The molecule has 2 unspecified atom stereocenters. The molecule has 1 aliphatic carbocycles. The van der Waals surface area contributed by atoms with E-state index in [0.717, 1.165) is 25.7 Å². The topological polar surface area (TPSA) is 95.9 Å². The molecule has 136 valence electrons. The van der Waals surface area contributed by atoms with Crippen molar-refractivity contribution in [1.82, 2.24) is 10.2 Å². The lowest BCUT2D eigenvalue weighted by atomic mass is 9.87. The van der Waals surface area contributed by atoms with Crippen molar-refractivity contribution >= 4 is 17.8 Å². The SMILES string of the molecule is COCCC(NC(=O)C1CC(=O)N(C2CCC(C)CC2)C1)C(=O)O. The monoisotopic (exact) mass is 340 g/mol. The maximum Gasteiger partial charge on any atom is 0.326 e. The molecule has 0 bridgehead atoms. The molecule has 2 atom stereocenters. The molecule has 1 aliphatic heterocycles. The Morgan fingerprint density at radius 2 is 2.00 bits per heavy atom. The molecule has 0 aromatic carbocycles. The maximum atomic E-state index is 12.4. The number of carboxylic acids is 1. The van der Waals surface area contributed by atoms with Crippen molar-refractivity contribution < 1.29 is 24.2 Å². The maximum absolute atomic E-state index is 12.4. The summed E-state index contributed by atoms with van der Waals surface area (Å²) in [5.41, 5.74) is 0. The van der Waals surface area contributed by atoms with Crippen LogP contribution in [0.15, 0.2) is 0 Å². The number of carbonyl (C=O) groups is 3. The smallest absolute Gasteiger partial charge is 0.326 e. The minimum Gasteiger partial charge on any atom is -0.480 e. The van der Waals surface area contributed by atoms with E-state index in [1.807, 2.05) is 4.90 Å². The van der Waals surface area contributed by atoms with Gasteiger partial charge < -0.3 is 20.1 Å². The van der Waals surface area contributed by atoms with Crippen LogP contribution in [0.5, 0.6) is 0 Å². The van der Waals surface area contributed by atoms with E-state index in [1.165, 1.54) is 7.11 Å². The zero-order valence-electron chi connectivity index (χ0n) is 14.5. The summed E-state index contributed by atoms with van der Waals surface area (Å²) < 4.78 is 4.87. The van der Waals surface area contributed by atoms with Crippen LogP contribution in [0.1, 0.15) is 45.4 Å². The standard InChI is InChI=1S/C17H28N2O5/c1-11-3-5-13(6-4-11)19-10-12(9-15(19)20)16(21)18-14(17(22)23)7-8-24-2/h11-14H,3-10H2,1-2H3,(H,18,21)(H,22,23). The number of likely N-dealkylation sites (tertiary alicyclic amines) is 1. The lowest BCUT2D eigenvalue weighted by Crippen LogP contribution is -2.45. The van der Waals surface area contributed by atoms with Gasteiger partial charge in [0.05, 0.1) is 5.92 Å². The molecule has 7 heteroatoms. The fourth-order valence-electron chi connectivity index (χ4n) is 3.60. The van der Waals surface area contributed by atoms with Crippen molar-refractivity contribution in [3.8, 4) is 0 Å². The van der Waals surface area contributed by atoms with E-state index >= 15 is 0 Å². The van der Waals surface area contributed by atoms with Crippen LogP contribution in [0.3, 0.4) is 0 Å². The normalized spacial score (nSPS) is 28.7. The first-order valence-corrected chi connectivity index (χ1v) is 8.74. The van der Waals surface area contributed by atoms with Crippen molar-refractivity contribution in [1.29, 1.82) is 0 Å². The van der Waals surface area contributed by atoms with Gasteiger partial charge in [-0.2, -0.15) is 0 Å². The van der Waals surface area contributed by atoms with Crippen LogP contribution in [0, 0.1) is 11.8 Å². The number of ether oxygens (including phenoxy) is 1. The Kier molecular flexibility index (Phi) is 6.60. The van der Waals surface area contributed by atoms with Crippen LogP contribution >= 0.6 is 0 Å². The third-order valence-corrected chi connectivity index (χ3v) is 5.18. The van der Waals surface area contributed by atoms with E-state index in [0.29, 0.717) is 12.5 Å². The molecule has 2 amide bonds. The molecule has 2 rings (SSSR count). The molecule has 1 saturated carbocycles. The van der Waals surface area contributed by atoms with Crippen molar-refractivity contribution in [2.45, 2.75) is 57.5 Å². The number of hydrogen-bond acceptors (Lipinski definition) is 4. The van der Waals surface area contributed by atoms with Gasteiger partial charge in [0.2, 0.25) is 11.8 Å². The molecule has 1 saturated heterocycles.